The fourth-order valence-corrected chi connectivity index (χ4v) is 5.57. The van der Waals surface area contributed by atoms with Crippen LogP contribution in [0.15, 0.2) is 83.8 Å². The lowest BCUT2D eigenvalue weighted by molar-refractivity contribution is 0.210. The Balaban J connectivity index is 1.60. The number of aryl methyl sites for hydroxylation is 2. The number of hydrogen-bond acceptors (Lipinski definition) is 6. The van der Waals surface area contributed by atoms with E-state index < -0.39 is 16.1 Å². The van der Waals surface area contributed by atoms with Gasteiger partial charge in [-0.2, -0.15) is 4.98 Å². The van der Waals surface area contributed by atoms with E-state index in [1.807, 2.05) is 50.2 Å². The van der Waals surface area contributed by atoms with Gasteiger partial charge in [0.15, 0.2) is 0 Å². The number of hydrogen-bond donors (Lipinski definition) is 2. The van der Waals surface area contributed by atoms with Gasteiger partial charge >= 0.3 is 0 Å². The van der Waals surface area contributed by atoms with Gasteiger partial charge in [-0.25, -0.2) is 18.1 Å². The number of nitrogens with zero attached hydrogens (tertiary/aromatic N) is 2. The van der Waals surface area contributed by atoms with Gasteiger partial charge < -0.3 is 10.1 Å². The monoisotopic (exact) mass is 554 g/mol. The van der Waals surface area contributed by atoms with Crippen LogP contribution in [-0.4, -0.2) is 24.9 Å². The average Bonchev–Trinajstić information content (AvgIpc) is 2.89. The van der Waals surface area contributed by atoms with Gasteiger partial charge in [-0.1, -0.05) is 81.5 Å². The van der Waals surface area contributed by atoms with Crippen molar-refractivity contribution in [1.29, 1.82) is 0 Å². The first-order valence-electron chi connectivity index (χ1n) is 13.3. The second kappa shape index (κ2) is 10.8. The average molecular weight is 555 g/mol. The molecule has 206 valence electrons. The van der Waals surface area contributed by atoms with E-state index in [9.17, 15) is 8.42 Å². The number of sulfonamides is 1. The van der Waals surface area contributed by atoms with Crippen LogP contribution in [0.4, 0.5) is 11.6 Å². The second-order valence-electron chi connectivity index (χ2n) is 11.2. The maximum absolute atomic E-state index is 13.2. The summed E-state index contributed by atoms with van der Waals surface area (Å²) in [4.78, 5) is 9.20. The van der Waals surface area contributed by atoms with Crippen molar-refractivity contribution >= 4 is 27.7 Å². The third-order valence-electron chi connectivity index (χ3n) is 6.65. The van der Waals surface area contributed by atoms with Crippen molar-refractivity contribution in [1.82, 2.24) is 9.97 Å². The van der Waals surface area contributed by atoms with E-state index in [1.165, 1.54) is 0 Å². The molecule has 0 radical (unpaired) electrons. The minimum atomic E-state index is -3.93. The zero-order valence-electron chi connectivity index (χ0n) is 23.4. The van der Waals surface area contributed by atoms with Gasteiger partial charge in [0.2, 0.25) is 11.8 Å². The molecule has 1 aliphatic heterocycles. The Hall–Kier alpha value is -4.17. The molecule has 5 rings (SSSR count). The standard InChI is InChI=1S/C32H34N4O3S/c1-21-8-6-9-22(2)30(21)27-19-29-35-31(34-27)36-40(37,38)26-11-7-10-25(18-26)33-20-28(39-29)24-14-12-23(13-15-24)16-17-32(3,4)5/h6-19,28,33H,20H2,1-5H3,(H,34,35,36)/b17-16+/t28-/m1/s1. The smallest absolute Gasteiger partial charge is 0.264 e. The molecule has 0 saturated heterocycles. The summed E-state index contributed by atoms with van der Waals surface area (Å²) >= 11 is 0. The summed E-state index contributed by atoms with van der Waals surface area (Å²) in [7, 11) is -3.93. The molecule has 0 unspecified atom stereocenters. The molecule has 0 spiro atoms. The molecule has 4 bridgehead atoms. The van der Waals surface area contributed by atoms with E-state index >= 15 is 0 Å². The minimum Gasteiger partial charge on any atom is -0.467 e. The van der Waals surface area contributed by atoms with Crippen LogP contribution in [0.25, 0.3) is 17.3 Å². The number of anilines is 2. The molecule has 3 aromatic carbocycles. The van der Waals surface area contributed by atoms with Crippen molar-refractivity contribution in [3.63, 3.8) is 0 Å². The van der Waals surface area contributed by atoms with Crippen LogP contribution in [0.2, 0.25) is 0 Å². The summed E-state index contributed by atoms with van der Waals surface area (Å²) in [6.45, 7) is 10.9. The first kappa shape index (κ1) is 27.4. The minimum absolute atomic E-state index is 0.0458. The van der Waals surface area contributed by atoms with Crippen molar-refractivity contribution in [2.75, 3.05) is 16.6 Å². The van der Waals surface area contributed by atoms with Crippen LogP contribution < -0.4 is 14.8 Å². The van der Waals surface area contributed by atoms with Crippen LogP contribution in [-0.2, 0) is 10.0 Å². The Bertz CT molecular complexity index is 1650. The predicted octanol–water partition coefficient (Wildman–Crippen LogP) is 7.17. The first-order valence-corrected chi connectivity index (χ1v) is 14.7. The third-order valence-corrected chi connectivity index (χ3v) is 7.97. The summed E-state index contributed by atoms with van der Waals surface area (Å²) < 4.78 is 35.5. The zero-order valence-corrected chi connectivity index (χ0v) is 24.2. The van der Waals surface area contributed by atoms with Gasteiger partial charge in [-0.3, -0.25) is 0 Å². The summed E-state index contributed by atoms with van der Waals surface area (Å²) in [5.41, 5.74) is 6.35. The quantitative estimate of drug-likeness (QED) is 0.279. The van der Waals surface area contributed by atoms with Gasteiger partial charge in [0, 0.05) is 17.3 Å². The molecule has 0 saturated carbocycles. The lowest BCUT2D eigenvalue weighted by atomic mass is 9.95. The lowest BCUT2D eigenvalue weighted by Crippen LogP contribution is -2.21. The van der Waals surface area contributed by atoms with E-state index in [2.05, 4.69) is 65.1 Å². The van der Waals surface area contributed by atoms with Gasteiger partial charge in [0.1, 0.15) is 6.10 Å². The van der Waals surface area contributed by atoms with E-state index in [4.69, 9.17) is 4.74 Å². The van der Waals surface area contributed by atoms with Crippen molar-refractivity contribution < 1.29 is 13.2 Å². The van der Waals surface area contributed by atoms with Crippen LogP contribution in [0.1, 0.15) is 49.1 Å². The second-order valence-corrected chi connectivity index (χ2v) is 12.9. The number of allylic oxidation sites excluding steroid dienone is 1. The highest BCUT2D eigenvalue weighted by atomic mass is 32.2. The Morgan fingerprint density at radius 3 is 2.33 bits per heavy atom. The molecular weight excluding hydrogens is 520 g/mol. The number of ether oxygens (including phenoxy) is 1. The van der Waals surface area contributed by atoms with Gasteiger partial charge in [-0.15, -0.1) is 0 Å². The predicted molar refractivity (Wildman–Crippen MR) is 161 cm³/mol. The molecule has 1 aliphatic rings. The van der Waals surface area contributed by atoms with E-state index in [-0.39, 0.29) is 22.1 Å². The molecule has 1 aromatic heterocycles. The van der Waals surface area contributed by atoms with Crippen molar-refractivity contribution in [3.05, 3.63) is 101 Å². The fourth-order valence-electron chi connectivity index (χ4n) is 4.58. The molecule has 2 N–H and O–H groups in total. The van der Waals surface area contributed by atoms with Crippen molar-refractivity contribution in [3.8, 4) is 17.1 Å². The van der Waals surface area contributed by atoms with E-state index in [0.29, 0.717) is 17.9 Å². The topological polar surface area (TPSA) is 93.2 Å². The molecule has 7 nitrogen and oxygen atoms in total. The van der Waals surface area contributed by atoms with Crippen molar-refractivity contribution in [2.24, 2.45) is 5.41 Å². The fraction of sp³-hybridized carbons (Fsp3) is 0.250. The number of aromatic nitrogens is 2. The van der Waals surface area contributed by atoms with Gasteiger partial charge in [0.25, 0.3) is 10.0 Å². The zero-order chi connectivity index (χ0) is 28.5. The first-order chi connectivity index (χ1) is 19.0. The maximum Gasteiger partial charge on any atom is 0.264 e. The molecule has 0 amide bonds. The Labute approximate surface area is 236 Å². The van der Waals surface area contributed by atoms with Gasteiger partial charge in [-0.05, 0) is 59.7 Å². The summed E-state index contributed by atoms with van der Waals surface area (Å²) in [5.74, 6) is 0.230. The SMILES string of the molecule is Cc1cccc(C)c1-c1cc2nc(n1)NS(=O)(=O)c1cccc(c1)NC[C@H](c1ccc(/C=C/C(C)(C)C)cc1)O2. The molecule has 2 heterocycles. The van der Waals surface area contributed by atoms with Crippen LogP contribution in [0.5, 0.6) is 5.88 Å². The van der Waals surface area contributed by atoms with Crippen LogP contribution >= 0.6 is 0 Å². The molecule has 40 heavy (non-hydrogen) atoms. The molecule has 8 heteroatoms. The summed E-state index contributed by atoms with van der Waals surface area (Å²) in [5, 5.41) is 3.35. The van der Waals surface area contributed by atoms with Crippen LogP contribution in [0.3, 0.4) is 0 Å². The molecule has 4 aromatic rings. The van der Waals surface area contributed by atoms with Crippen LogP contribution in [0, 0.1) is 19.3 Å². The molecule has 1 atom stereocenters. The highest BCUT2D eigenvalue weighted by Gasteiger charge is 2.22. The third kappa shape index (κ3) is 6.34. The number of rotatable bonds is 3. The normalized spacial score (nSPS) is 16.7. The molecular formula is C32H34N4O3S. The largest absolute Gasteiger partial charge is 0.467 e. The van der Waals surface area contributed by atoms with E-state index in [0.717, 1.165) is 27.8 Å². The number of fused-ring (bicyclic) bond motifs is 4. The highest BCUT2D eigenvalue weighted by Crippen LogP contribution is 2.32. The Kier molecular flexibility index (Phi) is 7.38. The lowest BCUT2D eigenvalue weighted by Gasteiger charge is -2.22. The number of nitrogens with one attached hydrogen (secondary N) is 2. The number of benzene rings is 3. The Morgan fingerprint density at radius 1 is 0.925 bits per heavy atom. The summed E-state index contributed by atoms with van der Waals surface area (Å²) in [6.07, 6.45) is 3.89. The van der Waals surface area contributed by atoms with Gasteiger partial charge in [0.05, 0.1) is 17.1 Å². The summed E-state index contributed by atoms with van der Waals surface area (Å²) in [6, 6.07) is 22.7. The molecule has 0 fully saturated rings. The molecule has 0 aliphatic carbocycles. The van der Waals surface area contributed by atoms with E-state index in [1.54, 1.807) is 24.3 Å². The Morgan fingerprint density at radius 2 is 1.62 bits per heavy atom. The highest BCUT2D eigenvalue weighted by molar-refractivity contribution is 7.92. The van der Waals surface area contributed by atoms with Crippen molar-refractivity contribution in [2.45, 2.75) is 45.6 Å². The maximum atomic E-state index is 13.2.